The molecule has 0 aromatic rings. The molecule has 0 atom stereocenters. The van der Waals surface area contributed by atoms with Crippen molar-refractivity contribution in [2.75, 3.05) is 34.4 Å². The van der Waals surface area contributed by atoms with Crippen molar-refractivity contribution in [2.45, 2.75) is 26.7 Å². The number of rotatable bonds is 4. The molecule has 0 aliphatic rings. The molecule has 0 aliphatic carbocycles. The Morgan fingerprint density at radius 2 is 1.17 bits per heavy atom. The number of nitrogens with zero attached hydrogens (tertiary/aromatic N) is 1. The van der Waals surface area contributed by atoms with Gasteiger partial charge in [-0.05, 0) is 34.0 Å². The van der Waals surface area contributed by atoms with Crippen LogP contribution in [0.5, 0.6) is 0 Å². The van der Waals surface area contributed by atoms with Gasteiger partial charge in [-0.1, -0.05) is 13.8 Å². The number of halogens is 1. The standard InChI is InChI=1S/C6H14O.C3H9N.ClH/c1-3-5-7-6-4-2;1-4(2)3;/h3-6H2,1-2H3;1-3H3;1H. The van der Waals surface area contributed by atoms with Crippen molar-refractivity contribution < 1.29 is 4.74 Å². The quantitative estimate of drug-likeness (QED) is 0.642. The van der Waals surface area contributed by atoms with Gasteiger partial charge in [0.05, 0.1) is 0 Å². The topological polar surface area (TPSA) is 12.5 Å². The van der Waals surface area contributed by atoms with Crippen molar-refractivity contribution in [3.05, 3.63) is 0 Å². The molecule has 0 amide bonds. The molecule has 3 heteroatoms. The van der Waals surface area contributed by atoms with Crippen LogP contribution >= 0.6 is 12.4 Å². The molecule has 12 heavy (non-hydrogen) atoms. The lowest BCUT2D eigenvalue weighted by atomic mass is 10.5. The maximum Gasteiger partial charge on any atom is 0.0463 e. The summed E-state index contributed by atoms with van der Waals surface area (Å²) in [7, 11) is 6.00. The van der Waals surface area contributed by atoms with Gasteiger partial charge in [0.15, 0.2) is 0 Å². The summed E-state index contributed by atoms with van der Waals surface area (Å²) in [6.07, 6.45) is 2.28. The zero-order valence-electron chi connectivity index (χ0n) is 9.09. The van der Waals surface area contributed by atoms with Crippen molar-refractivity contribution in [1.29, 1.82) is 0 Å². The van der Waals surface area contributed by atoms with Crippen LogP contribution in [0.3, 0.4) is 0 Å². The Bertz CT molecular complexity index is 53.7. The van der Waals surface area contributed by atoms with Gasteiger partial charge >= 0.3 is 0 Å². The van der Waals surface area contributed by atoms with Crippen molar-refractivity contribution >= 4 is 12.4 Å². The molecule has 0 unspecified atom stereocenters. The average Bonchev–Trinajstić information content (AvgIpc) is 1.88. The van der Waals surface area contributed by atoms with Gasteiger partial charge in [0.25, 0.3) is 0 Å². The summed E-state index contributed by atoms with van der Waals surface area (Å²) in [4.78, 5) is 2.00. The Kier molecular flexibility index (Phi) is 26.1. The van der Waals surface area contributed by atoms with Crippen LogP contribution in [0.4, 0.5) is 0 Å². The normalized spacial score (nSPS) is 8.50. The van der Waals surface area contributed by atoms with E-state index >= 15 is 0 Å². The lowest BCUT2D eigenvalue weighted by Crippen LogP contribution is -1.99. The Hall–Kier alpha value is 0.210. The van der Waals surface area contributed by atoms with E-state index in [0.29, 0.717) is 0 Å². The van der Waals surface area contributed by atoms with Crippen molar-refractivity contribution in [3.8, 4) is 0 Å². The van der Waals surface area contributed by atoms with Gasteiger partial charge in [0, 0.05) is 13.2 Å². The third kappa shape index (κ3) is 48.9. The predicted octanol–water partition coefficient (Wildman–Crippen LogP) is 2.42. The molecule has 0 aromatic heterocycles. The summed E-state index contributed by atoms with van der Waals surface area (Å²) in [6, 6.07) is 0. The minimum atomic E-state index is 0. The van der Waals surface area contributed by atoms with Crippen LogP contribution < -0.4 is 0 Å². The van der Waals surface area contributed by atoms with Crippen LogP contribution in [0.25, 0.3) is 0 Å². The second-order valence-corrected chi connectivity index (χ2v) is 2.95. The molecule has 0 rings (SSSR count). The van der Waals surface area contributed by atoms with Crippen LogP contribution in [0.1, 0.15) is 26.7 Å². The lowest BCUT2D eigenvalue weighted by molar-refractivity contribution is 0.135. The monoisotopic (exact) mass is 197 g/mol. The third-order valence-corrected chi connectivity index (χ3v) is 0.697. The molecule has 0 fully saturated rings. The van der Waals surface area contributed by atoms with E-state index in [1.807, 2.05) is 26.0 Å². The van der Waals surface area contributed by atoms with Gasteiger partial charge in [0.2, 0.25) is 0 Å². The molecule has 0 bridgehead atoms. The first-order valence-electron chi connectivity index (χ1n) is 4.33. The number of hydrogen-bond acceptors (Lipinski definition) is 2. The van der Waals surface area contributed by atoms with E-state index in [1.165, 1.54) is 0 Å². The fourth-order valence-corrected chi connectivity index (χ4v) is 0.391. The molecule has 0 saturated carbocycles. The molecule has 0 N–H and O–H groups in total. The van der Waals surface area contributed by atoms with Gasteiger partial charge in [-0.25, -0.2) is 0 Å². The fraction of sp³-hybridized carbons (Fsp3) is 1.00. The molecular weight excluding hydrogens is 174 g/mol. The maximum atomic E-state index is 5.13. The van der Waals surface area contributed by atoms with E-state index in [0.717, 1.165) is 26.1 Å². The minimum Gasteiger partial charge on any atom is -0.381 e. The second kappa shape index (κ2) is 17.3. The van der Waals surface area contributed by atoms with E-state index < -0.39 is 0 Å². The lowest BCUT2D eigenvalue weighted by Gasteiger charge is -1.95. The number of hydrogen-bond donors (Lipinski definition) is 0. The van der Waals surface area contributed by atoms with Gasteiger partial charge in [0.1, 0.15) is 0 Å². The van der Waals surface area contributed by atoms with Crippen LogP contribution in [0.2, 0.25) is 0 Å². The molecular formula is C9H24ClNO. The Morgan fingerprint density at radius 1 is 0.917 bits per heavy atom. The Morgan fingerprint density at radius 3 is 1.33 bits per heavy atom. The Balaban J connectivity index is -0.000000142. The molecule has 78 valence electrons. The minimum absolute atomic E-state index is 0. The average molecular weight is 198 g/mol. The molecule has 0 heterocycles. The van der Waals surface area contributed by atoms with Crippen LogP contribution in [0.15, 0.2) is 0 Å². The van der Waals surface area contributed by atoms with E-state index in [9.17, 15) is 0 Å². The summed E-state index contributed by atoms with van der Waals surface area (Å²) in [5.74, 6) is 0. The first kappa shape index (κ1) is 18.1. The van der Waals surface area contributed by atoms with Crippen molar-refractivity contribution in [3.63, 3.8) is 0 Å². The van der Waals surface area contributed by atoms with Crippen LogP contribution in [0, 0.1) is 0 Å². The van der Waals surface area contributed by atoms with Crippen molar-refractivity contribution in [1.82, 2.24) is 4.90 Å². The highest BCUT2D eigenvalue weighted by Gasteiger charge is 1.77. The largest absolute Gasteiger partial charge is 0.381 e. The summed E-state index contributed by atoms with van der Waals surface area (Å²) in [6.45, 7) is 6.09. The molecule has 0 spiro atoms. The summed E-state index contributed by atoms with van der Waals surface area (Å²) < 4.78 is 5.13. The van der Waals surface area contributed by atoms with Gasteiger partial charge in [-0.3, -0.25) is 0 Å². The number of ether oxygens (including phenoxy) is 1. The first-order chi connectivity index (χ1) is 5.15. The highest BCUT2D eigenvalue weighted by atomic mass is 35.5. The molecule has 0 saturated heterocycles. The van der Waals surface area contributed by atoms with E-state index in [1.54, 1.807) is 0 Å². The highest BCUT2D eigenvalue weighted by molar-refractivity contribution is 5.85. The zero-order valence-corrected chi connectivity index (χ0v) is 9.91. The van der Waals surface area contributed by atoms with Gasteiger partial charge in [-0.2, -0.15) is 0 Å². The summed E-state index contributed by atoms with van der Waals surface area (Å²) in [5, 5.41) is 0. The maximum absolute atomic E-state index is 5.13. The van der Waals surface area contributed by atoms with Gasteiger partial charge < -0.3 is 9.64 Å². The molecule has 0 aliphatic heterocycles. The van der Waals surface area contributed by atoms with Crippen LogP contribution in [-0.2, 0) is 4.74 Å². The fourth-order valence-electron chi connectivity index (χ4n) is 0.391. The molecule has 0 aromatic carbocycles. The van der Waals surface area contributed by atoms with E-state index in [2.05, 4.69) is 13.8 Å². The predicted molar refractivity (Wildman–Crippen MR) is 58.3 cm³/mol. The first-order valence-corrected chi connectivity index (χ1v) is 4.33. The van der Waals surface area contributed by atoms with Gasteiger partial charge in [-0.15, -0.1) is 12.4 Å². The highest BCUT2D eigenvalue weighted by Crippen LogP contribution is 1.81. The second-order valence-electron chi connectivity index (χ2n) is 2.95. The Labute approximate surface area is 83.7 Å². The summed E-state index contributed by atoms with van der Waals surface area (Å²) in [5.41, 5.74) is 0. The SMILES string of the molecule is CCCOCCC.CN(C)C.Cl. The third-order valence-electron chi connectivity index (χ3n) is 0.697. The molecule has 0 radical (unpaired) electrons. The smallest absolute Gasteiger partial charge is 0.0463 e. The van der Waals surface area contributed by atoms with Crippen LogP contribution in [-0.4, -0.2) is 39.3 Å². The zero-order chi connectivity index (χ0) is 9.11. The van der Waals surface area contributed by atoms with E-state index in [4.69, 9.17) is 4.74 Å². The van der Waals surface area contributed by atoms with Crippen molar-refractivity contribution in [2.24, 2.45) is 0 Å². The summed E-state index contributed by atoms with van der Waals surface area (Å²) >= 11 is 0. The molecule has 2 nitrogen and oxygen atoms in total. The van der Waals surface area contributed by atoms with E-state index in [-0.39, 0.29) is 12.4 Å².